The van der Waals surface area contributed by atoms with E-state index in [-0.39, 0.29) is 10.8 Å². The van der Waals surface area contributed by atoms with Crippen LogP contribution in [0.15, 0.2) is 53.4 Å². The van der Waals surface area contributed by atoms with Crippen LogP contribution in [0.1, 0.15) is 24.0 Å². The summed E-state index contributed by atoms with van der Waals surface area (Å²) in [5, 5.41) is 2.87. The Morgan fingerprint density at radius 1 is 1.08 bits per heavy atom. The van der Waals surface area contributed by atoms with Gasteiger partial charge in [0.2, 0.25) is 15.9 Å². The number of nitrogens with one attached hydrogen (secondary N) is 1. The van der Waals surface area contributed by atoms with E-state index in [0.29, 0.717) is 25.1 Å². The molecule has 0 unspecified atom stereocenters. The average molecular weight is 358 g/mol. The summed E-state index contributed by atoms with van der Waals surface area (Å²) in [6, 6.07) is 13.5. The molecule has 0 aromatic heterocycles. The minimum atomic E-state index is -3.68. The summed E-state index contributed by atoms with van der Waals surface area (Å²) in [5.41, 5.74) is 2.66. The normalized spacial score (nSPS) is 18.2. The van der Waals surface area contributed by atoms with E-state index in [2.05, 4.69) is 5.32 Å². The number of anilines is 1. The fraction of sp³-hybridized carbons (Fsp3) is 0.316. The summed E-state index contributed by atoms with van der Waals surface area (Å²) in [4.78, 5) is 12.9. The molecule has 1 amide bonds. The number of carbonyl (C=O) groups is 1. The predicted octanol–water partition coefficient (Wildman–Crippen LogP) is 3.10. The number of amides is 1. The first-order chi connectivity index (χ1) is 11.9. The van der Waals surface area contributed by atoms with Crippen molar-refractivity contribution >= 4 is 21.6 Å². The molecule has 25 heavy (non-hydrogen) atoms. The molecule has 1 heterocycles. The first-order valence-corrected chi connectivity index (χ1v) is 9.78. The highest BCUT2D eigenvalue weighted by atomic mass is 32.2. The molecule has 0 radical (unpaired) electrons. The van der Waals surface area contributed by atoms with E-state index < -0.39 is 16.1 Å². The number of para-hydroxylation sites is 1. The van der Waals surface area contributed by atoms with Crippen LogP contribution in [0.5, 0.6) is 0 Å². The van der Waals surface area contributed by atoms with E-state index in [1.165, 1.54) is 4.31 Å². The Labute approximate surface area is 148 Å². The molecule has 6 heteroatoms. The molecule has 132 valence electrons. The monoisotopic (exact) mass is 358 g/mol. The van der Waals surface area contributed by atoms with Gasteiger partial charge >= 0.3 is 0 Å². The van der Waals surface area contributed by atoms with Gasteiger partial charge in [-0.2, -0.15) is 4.31 Å². The summed E-state index contributed by atoms with van der Waals surface area (Å²) in [6.45, 7) is 4.18. The highest BCUT2D eigenvalue weighted by molar-refractivity contribution is 7.89. The molecule has 2 aromatic carbocycles. The fourth-order valence-corrected chi connectivity index (χ4v) is 4.72. The van der Waals surface area contributed by atoms with E-state index in [4.69, 9.17) is 0 Å². The van der Waals surface area contributed by atoms with Gasteiger partial charge in [0.15, 0.2) is 0 Å². The van der Waals surface area contributed by atoms with Crippen molar-refractivity contribution in [2.45, 2.75) is 37.6 Å². The van der Waals surface area contributed by atoms with Crippen molar-refractivity contribution in [3.63, 3.8) is 0 Å². The lowest BCUT2D eigenvalue weighted by molar-refractivity contribution is -0.119. The number of hydrogen-bond donors (Lipinski definition) is 1. The Hall–Kier alpha value is -2.18. The summed E-state index contributed by atoms with van der Waals surface area (Å²) < 4.78 is 27.2. The highest BCUT2D eigenvalue weighted by Gasteiger charge is 2.39. The molecule has 0 bridgehead atoms. The molecule has 1 N–H and O–H groups in total. The van der Waals surface area contributed by atoms with Gasteiger partial charge in [0.25, 0.3) is 0 Å². The van der Waals surface area contributed by atoms with Crippen molar-refractivity contribution < 1.29 is 13.2 Å². The van der Waals surface area contributed by atoms with E-state index >= 15 is 0 Å². The fourth-order valence-electron chi connectivity index (χ4n) is 3.06. The Bertz CT molecular complexity index is 876. The Morgan fingerprint density at radius 3 is 2.44 bits per heavy atom. The molecule has 1 saturated heterocycles. The zero-order valence-electron chi connectivity index (χ0n) is 14.4. The summed E-state index contributed by atoms with van der Waals surface area (Å²) >= 11 is 0. The zero-order valence-corrected chi connectivity index (χ0v) is 15.2. The number of sulfonamides is 1. The van der Waals surface area contributed by atoms with Crippen molar-refractivity contribution in [3.8, 4) is 0 Å². The van der Waals surface area contributed by atoms with Crippen molar-refractivity contribution in [2.75, 3.05) is 11.9 Å². The maximum absolute atomic E-state index is 12.9. The minimum absolute atomic E-state index is 0.230. The van der Waals surface area contributed by atoms with E-state index in [1.807, 2.05) is 38.1 Å². The van der Waals surface area contributed by atoms with Gasteiger partial charge in [0, 0.05) is 12.2 Å². The van der Waals surface area contributed by atoms with Crippen molar-refractivity contribution in [1.82, 2.24) is 4.31 Å². The largest absolute Gasteiger partial charge is 0.324 e. The summed E-state index contributed by atoms with van der Waals surface area (Å²) in [6.07, 6.45) is 1.21. The lowest BCUT2D eigenvalue weighted by Gasteiger charge is -2.23. The van der Waals surface area contributed by atoms with E-state index in [9.17, 15) is 13.2 Å². The molecule has 1 aliphatic rings. The molecule has 0 spiro atoms. The van der Waals surface area contributed by atoms with Crippen LogP contribution in [0, 0.1) is 13.8 Å². The van der Waals surface area contributed by atoms with Gasteiger partial charge in [-0.3, -0.25) is 4.79 Å². The number of benzene rings is 2. The first-order valence-electron chi connectivity index (χ1n) is 8.34. The number of aryl methyl sites for hydroxylation is 2. The lowest BCUT2D eigenvalue weighted by Crippen LogP contribution is -2.43. The van der Waals surface area contributed by atoms with Crippen LogP contribution >= 0.6 is 0 Å². The lowest BCUT2D eigenvalue weighted by atomic mass is 10.1. The molecule has 0 aliphatic carbocycles. The van der Waals surface area contributed by atoms with Crippen LogP contribution in [0.4, 0.5) is 5.69 Å². The highest BCUT2D eigenvalue weighted by Crippen LogP contribution is 2.27. The van der Waals surface area contributed by atoms with Crippen LogP contribution in [0.25, 0.3) is 0 Å². The van der Waals surface area contributed by atoms with E-state index in [1.54, 1.807) is 24.3 Å². The van der Waals surface area contributed by atoms with Gasteiger partial charge < -0.3 is 5.32 Å². The molecular weight excluding hydrogens is 336 g/mol. The second-order valence-electron chi connectivity index (χ2n) is 6.39. The van der Waals surface area contributed by atoms with Crippen molar-refractivity contribution in [3.05, 3.63) is 59.7 Å². The Kier molecular flexibility index (Phi) is 4.92. The topological polar surface area (TPSA) is 66.5 Å². The van der Waals surface area contributed by atoms with Crippen LogP contribution in [-0.4, -0.2) is 31.2 Å². The van der Waals surface area contributed by atoms with Crippen molar-refractivity contribution in [1.29, 1.82) is 0 Å². The number of hydrogen-bond acceptors (Lipinski definition) is 3. The van der Waals surface area contributed by atoms with Gasteiger partial charge in [0.1, 0.15) is 6.04 Å². The Balaban J connectivity index is 1.83. The SMILES string of the molecule is Cc1ccc(S(=O)(=O)N2CCC[C@H]2C(=O)Nc2ccccc2C)cc1. The van der Waals surface area contributed by atoms with Gasteiger partial charge in [0.05, 0.1) is 4.90 Å². The van der Waals surface area contributed by atoms with E-state index in [0.717, 1.165) is 11.1 Å². The predicted molar refractivity (Wildman–Crippen MR) is 97.9 cm³/mol. The Morgan fingerprint density at radius 2 is 1.76 bits per heavy atom. The molecule has 1 fully saturated rings. The van der Waals surface area contributed by atoms with Crippen LogP contribution in [0.2, 0.25) is 0 Å². The second kappa shape index (κ2) is 6.98. The van der Waals surface area contributed by atoms with Gasteiger partial charge in [-0.1, -0.05) is 35.9 Å². The molecule has 0 saturated carbocycles. The molecule has 5 nitrogen and oxygen atoms in total. The quantitative estimate of drug-likeness (QED) is 0.913. The number of rotatable bonds is 4. The smallest absolute Gasteiger partial charge is 0.243 e. The van der Waals surface area contributed by atoms with Gasteiger partial charge in [-0.25, -0.2) is 8.42 Å². The third-order valence-corrected chi connectivity index (χ3v) is 6.46. The van der Waals surface area contributed by atoms with Crippen LogP contribution < -0.4 is 5.32 Å². The maximum atomic E-state index is 12.9. The van der Waals surface area contributed by atoms with Gasteiger partial charge in [-0.15, -0.1) is 0 Å². The molecular formula is C19H22N2O3S. The number of carbonyl (C=O) groups excluding carboxylic acids is 1. The van der Waals surface area contributed by atoms with Crippen LogP contribution in [0.3, 0.4) is 0 Å². The molecule has 2 aromatic rings. The zero-order chi connectivity index (χ0) is 18.0. The number of nitrogens with zero attached hydrogens (tertiary/aromatic N) is 1. The molecule has 1 atom stereocenters. The molecule has 1 aliphatic heterocycles. The second-order valence-corrected chi connectivity index (χ2v) is 8.28. The average Bonchev–Trinajstić information content (AvgIpc) is 3.08. The standard InChI is InChI=1S/C19H22N2O3S/c1-14-9-11-16(12-10-14)25(23,24)21-13-5-8-18(21)19(22)20-17-7-4-3-6-15(17)2/h3-4,6-7,9-12,18H,5,8,13H2,1-2H3,(H,20,22)/t18-/m0/s1. The van der Waals surface area contributed by atoms with Crippen LogP contribution in [-0.2, 0) is 14.8 Å². The third kappa shape index (κ3) is 3.60. The van der Waals surface area contributed by atoms with Crippen molar-refractivity contribution in [2.24, 2.45) is 0 Å². The maximum Gasteiger partial charge on any atom is 0.243 e. The molecule has 3 rings (SSSR count). The minimum Gasteiger partial charge on any atom is -0.324 e. The first kappa shape index (κ1) is 17.6. The summed E-state index contributed by atoms with van der Waals surface area (Å²) in [5.74, 6) is -0.275. The van der Waals surface area contributed by atoms with Gasteiger partial charge in [-0.05, 0) is 50.5 Å². The third-order valence-electron chi connectivity index (χ3n) is 4.54. The summed E-state index contributed by atoms with van der Waals surface area (Å²) in [7, 11) is -3.68.